The summed E-state index contributed by atoms with van der Waals surface area (Å²) < 4.78 is 0. The monoisotopic (exact) mass is 221 g/mol. The molecule has 1 aromatic heterocycles. The van der Waals surface area contributed by atoms with Gasteiger partial charge in [-0.2, -0.15) is 0 Å². The van der Waals surface area contributed by atoms with Crippen LogP contribution in [0.15, 0.2) is 36.2 Å². The maximum atomic E-state index is 5.94. The van der Waals surface area contributed by atoms with Crippen LogP contribution in [0.4, 0.5) is 0 Å². The minimum atomic E-state index is 0.316. The molecule has 2 N–H and O–H groups in total. The number of hydrogen-bond acceptors (Lipinski definition) is 2. The van der Waals surface area contributed by atoms with Gasteiger partial charge in [-0.15, -0.1) is 17.9 Å². The molecule has 0 spiro atoms. The third kappa shape index (κ3) is 5.55. The Labute approximate surface area is 96.3 Å². The van der Waals surface area contributed by atoms with E-state index in [1.54, 1.807) is 11.3 Å². The summed E-state index contributed by atoms with van der Waals surface area (Å²) in [6, 6.07) is 4.51. The highest BCUT2D eigenvalue weighted by atomic mass is 32.1. The molecule has 0 aliphatic carbocycles. The average molecular weight is 221 g/mol. The predicted molar refractivity (Wildman–Crippen MR) is 70.0 cm³/mol. The van der Waals surface area contributed by atoms with Crippen LogP contribution in [0.1, 0.15) is 30.6 Å². The molecule has 1 unspecified atom stereocenters. The Kier molecular flexibility index (Phi) is 6.05. The van der Waals surface area contributed by atoms with Crippen LogP contribution in [-0.2, 0) is 0 Å². The van der Waals surface area contributed by atoms with E-state index in [1.165, 1.54) is 4.88 Å². The zero-order valence-corrected chi connectivity index (χ0v) is 9.88. The second-order valence-corrected chi connectivity index (χ2v) is 4.60. The predicted octanol–water partition coefficient (Wildman–Crippen LogP) is 3.84. The number of hydrogen-bond donors (Lipinski definition) is 1. The van der Waals surface area contributed by atoms with Gasteiger partial charge in [0.25, 0.3) is 0 Å². The molecular formula is C13H19NS. The van der Waals surface area contributed by atoms with E-state index in [9.17, 15) is 0 Å². The standard InChI is InChI=1S/C13H19NS/c1-2-3-7-12(14)8-4-5-9-13-10-6-11-15-13/h2,5-6,9-12H,1,3-4,7-8,14H2/b9-5+. The zero-order valence-electron chi connectivity index (χ0n) is 9.06. The summed E-state index contributed by atoms with van der Waals surface area (Å²) in [4.78, 5) is 1.31. The Morgan fingerprint density at radius 2 is 2.20 bits per heavy atom. The molecule has 0 bridgehead atoms. The van der Waals surface area contributed by atoms with E-state index in [4.69, 9.17) is 5.73 Å². The van der Waals surface area contributed by atoms with E-state index in [2.05, 4.69) is 36.2 Å². The van der Waals surface area contributed by atoms with Gasteiger partial charge in [0.2, 0.25) is 0 Å². The fourth-order valence-electron chi connectivity index (χ4n) is 1.37. The molecule has 0 aliphatic rings. The number of rotatable bonds is 7. The Balaban J connectivity index is 2.12. The number of thiophene rings is 1. The first kappa shape index (κ1) is 12.2. The van der Waals surface area contributed by atoms with Gasteiger partial charge < -0.3 is 5.73 Å². The molecule has 0 amide bonds. The van der Waals surface area contributed by atoms with Gasteiger partial charge in [-0.1, -0.05) is 18.2 Å². The maximum absolute atomic E-state index is 5.94. The molecule has 0 saturated heterocycles. The third-order valence-electron chi connectivity index (χ3n) is 2.27. The van der Waals surface area contributed by atoms with Crippen molar-refractivity contribution in [3.63, 3.8) is 0 Å². The van der Waals surface area contributed by atoms with Crippen molar-refractivity contribution in [1.82, 2.24) is 0 Å². The Morgan fingerprint density at radius 3 is 2.87 bits per heavy atom. The van der Waals surface area contributed by atoms with Crippen molar-refractivity contribution < 1.29 is 0 Å². The second kappa shape index (κ2) is 7.43. The van der Waals surface area contributed by atoms with Crippen LogP contribution in [0.2, 0.25) is 0 Å². The fourth-order valence-corrected chi connectivity index (χ4v) is 2.02. The summed E-state index contributed by atoms with van der Waals surface area (Å²) in [7, 11) is 0. The summed E-state index contributed by atoms with van der Waals surface area (Å²) >= 11 is 1.76. The summed E-state index contributed by atoms with van der Waals surface area (Å²) in [5.74, 6) is 0. The van der Waals surface area contributed by atoms with Crippen LogP contribution in [0.25, 0.3) is 6.08 Å². The van der Waals surface area contributed by atoms with Crippen LogP contribution in [0.3, 0.4) is 0 Å². The second-order valence-electron chi connectivity index (χ2n) is 3.62. The fraction of sp³-hybridized carbons (Fsp3) is 0.385. The van der Waals surface area contributed by atoms with Crippen LogP contribution in [-0.4, -0.2) is 6.04 Å². The minimum absolute atomic E-state index is 0.316. The Morgan fingerprint density at radius 1 is 1.40 bits per heavy atom. The molecule has 0 fully saturated rings. The molecule has 0 aliphatic heterocycles. The van der Waals surface area contributed by atoms with E-state index in [1.807, 2.05) is 6.08 Å². The maximum Gasteiger partial charge on any atom is 0.0267 e. The van der Waals surface area contributed by atoms with E-state index < -0.39 is 0 Å². The van der Waals surface area contributed by atoms with Crippen molar-refractivity contribution in [2.45, 2.75) is 31.7 Å². The van der Waals surface area contributed by atoms with Gasteiger partial charge in [0, 0.05) is 10.9 Å². The van der Waals surface area contributed by atoms with Crippen molar-refractivity contribution in [3.8, 4) is 0 Å². The van der Waals surface area contributed by atoms with Gasteiger partial charge in [0.05, 0.1) is 0 Å². The van der Waals surface area contributed by atoms with Gasteiger partial charge in [0.15, 0.2) is 0 Å². The van der Waals surface area contributed by atoms with Crippen molar-refractivity contribution in [2.24, 2.45) is 5.73 Å². The summed E-state index contributed by atoms with van der Waals surface area (Å²) in [5, 5.41) is 2.09. The van der Waals surface area contributed by atoms with Crippen LogP contribution in [0, 0.1) is 0 Å². The van der Waals surface area contributed by atoms with Gasteiger partial charge in [-0.25, -0.2) is 0 Å². The SMILES string of the molecule is C=CCCC(N)CC/C=C/c1cccs1. The van der Waals surface area contributed by atoms with Crippen molar-refractivity contribution in [2.75, 3.05) is 0 Å². The Hall–Kier alpha value is -0.860. The number of nitrogens with two attached hydrogens (primary N) is 1. The first-order chi connectivity index (χ1) is 7.33. The highest BCUT2D eigenvalue weighted by Gasteiger charge is 1.98. The zero-order chi connectivity index (χ0) is 10.9. The molecule has 1 aromatic rings. The van der Waals surface area contributed by atoms with E-state index in [0.29, 0.717) is 6.04 Å². The summed E-state index contributed by atoms with van der Waals surface area (Å²) in [6.45, 7) is 3.69. The first-order valence-corrected chi connectivity index (χ1v) is 6.27. The van der Waals surface area contributed by atoms with Crippen LogP contribution < -0.4 is 5.73 Å². The van der Waals surface area contributed by atoms with Crippen molar-refractivity contribution in [1.29, 1.82) is 0 Å². The molecular weight excluding hydrogens is 202 g/mol. The van der Waals surface area contributed by atoms with Gasteiger partial charge >= 0.3 is 0 Å². The minimum Gasteiger partial charge on any atom is -0.328 e. The normalized spacial score (nSPS) is 13.1. The third-order valence-corrected chi connectivity index (χ3v) is 3.11. The van der Waals surface area contributed by atoms with Gasteiger partial charge in [-0.05, 0) is 43.2 Å². The van der Waals surface area contributed by atoms with Crippen LogP contribution >= 0.6 is 11.3 Å². The molecule has 0 radical (unpaired) electrons. The Bertz CT molecular complexity index is 287. The summed E-state index contributed by atoms with van der Waals surface area (Å²) in [5.41, 5.74) is 5.94. The van der Waals surface area contributed by atoms with Crippen LogP contribution in [0.5, 0.6) is 0 Å². The molecule has 1 heterocycles. The lowest BCUT2D eigenvalue weighted by atomic mass is 10.1. The molecule has 1 nitrogen and oxygen atoms in total. The van der Waals surface area contributed by atoms with Crippen molar-refractivity contribution in [3.05, 3.63) is 41.1 Å². The topological polar surface area (TPSA) is 26.0 Å². The largest absolute Gasteiger partial charge is 0.328 e. The lowest BCUT2D eigenvalue weighted by Crippen LogP contribution is -2.18. The highest BCUT2D eigenvalue weighted by Crippen LogP contribution is 2.11. The van der Waals surface area contributed by atoms with Gasteiger partial charge in [0.1, 0.15) is 0 Å². The molecule has 0 saturated carbocycles. The highest BCUT2D eigenvalue weighted by molar-refractivity contribution is 7.10. The molecule has 82 valence electrons. The first-order valence-electron chi connectivity index (χ1n) is 5.39. The molecule has 15 heavy (non-hydrogen) atoms. The molecule has 0 aromatic carbocycles. The average Bonchev–Trinajstić information content (AvgIpc) is 2.74. The van der Waals surface area contributed by atoms with E-state index in [0.717, 1.165) is 25.7 Å². The van der Waals surface area contributed by atoms with E-state index >= 15 is 0 Å². The molecule has 1 rings (SSSR count). The molecule has 2 heteroatoms. The smallest absolute Gasteiger partial charge is 0.0267 e. The number of allylic oxidation sites excluding steroid dienone is 2. The molecule has 1 atom stereocenters. The van der Waals surface area contributed by atoms with Crippen molar-refractivity contribution >= 4 is 17.4 Å². The van der Waals surface area contributed by atoms with E-state index in [-0.39, 0.29) is 0 Å². The lowest BCUT2D eigenvalue weighted by Gasteiger charge is -2.07. The quantitative estimate of drug-likeness (QED) is 0.696. The summed E-state index contributed by atoms with van der Waals surface area (Å²) in [6.07, 6.45) is 10.5. The van der Waals surface area contributed by atoms with Gasteiger partial charge in [-0.3, -0.25) is 0 Å². The lowest BCUT2D eigenvalue weighted by molar-refractivity contribution is 0.580.